The fourth-order valence-corrected chi connectivity index (χ4v) is 0.847. The largest absolute Gasteiger partial charge is 0.481 e. The first kappa shape index (κ1) is 11.2. The Bertz CT molecular complexity index is 153. The third kappa shape index (κ3) is 5.94. The zero-order chi connectivity index (χ0) is 9.56. The molecule has 0 fully saturated rings. The SMILES string of the molecule is O=C(O)CC(CC(=O)O)OCCl. The summed E-state index contributed by atoms with van der Waals surface area (Å²) < 4.78 is 4.67. The van der Waals surface area contributed by atoms with Gasteiger partial charge in [-0.1, -0.05) is 11.6 Å². The van der Waals surface area contributed by atoms with E-state index in [1.807, 2.05) is 0 Å². The number of rotatable bonds is 6. The van der Waals surface area contributed by atoms with Gasteiger partial charge in [-0.25, -0.2) is 0 Å². The van der Waals surface area contributed by atoms with Crippen molar-refractivity contribution in [2.45, 2.75) is 18.9 Å². The van der Waals surface area contributed by atoms with Crippen LogP contribution in [0.5, 0.6) is 0 Å². The third-order valence-electron chi connectivity index (χ3n) is 1.10. The van der Waals surface area contributed by atoms with Crippen molar-refractivity contribution >= 4 is 23.5 Å². The lowest BCUT2D eigenvalue weighted by atomic mass is 10.2. The fourth-order valence-electron chi connectivity index (χ4n) is 0.669. The molecule has 5 nitrogen and oxygen atoms in total. The molecule has 0 aromatic rings. The van der Waals surface area contributed by atoms with Gasteiger partial charge in [0, 0.05) is 0 Å². The van der Waals surface area contributed by atoms with Crippen LogP contribution in [0.4, 0.5) is 0 Å². The van der Waals surface area contributed by atoms with Gasteiger partial charge in [0.1, 0.15) is 6.07 Å². The monoisotopic (exact) mass is 196 g/mol. The van der Waals surface area contributed by atoms with Crippen LogP contribution < -0.4 is 0 Å². The van der Waals surface area contributed by atoms with Gasteiger partial charge in [-0.05, 0) is 0 Å². The highest BCUT2D eigenvalue weighted by molar-refractivity contribution is 6.17. The quantitative estimate of drug-likeness (QED) is 0.605. The van der Waals surface area contributed by atoms with Crippen LogP contribution in [-0.2, 0) is 14.3 Å². The minimum absolute atomic E-state index is 0.203. The van der Waals surface area contributed by atoms with Crippen molar-refractivity contribution in [3.05, 3.63) is 0 Å². The molecule has 0 spiro atoms. The Balaban J connectivity index is 3.85. The first-order chi connectivity index (χ1) is 5.56. The molecular weight excluding hydrogens is 188 g/mol. The number of carboxylic acid groups (broad SMARTS) is 2. The second-order valence-electron chi connectivity index (χ2n) is 2.09. The Kier molecular flexibility index (Phi) is 5.40. The van der Waals surface area contributed by atoms with Gasteiger partial charge in [0.2, 0.25) is 0 Å². The van der Waals surface area contributed by atoms with Gasteiger partial charge in [0.25, 0.3) is 0 Å². The molecule has 0 heterocycles. The van der Waals surface area contributed by atoms with E-state index >= 15 is 0 Å². The van der Waals surface area contributed by atoms with E-state index in [2.05, 4.69) is 4.74 Å². The number of ether oxygens (including phenoxy) is 1. The van der Waals surface area contributed by atoms with Crippen molar-refractivity contribution in [2.75, 3.05) is 6.07 Å². The van der Waals surface area contributed by atoms with E-state index in [4.69, 9.17) is 21.8 Å². The van der Waals surface area contributed by atoms with E-state index in [-0.39, 0.29) is 18.9 Å². The van der Waals surface area contributed by atoms with E-state index in [1.54, 1.807) is 0 Å². The van der Waals surface area contributed by atoms with Gasteiger partial charge in [0.15, 0.2) is 0 Å². The van der Waals surface area contributed by atoms with Gasteiger partial charge >= 0.3 is 11.9 Å². The Labute approximate surface area is 73.9 Å². The first-order valence-corrected chi connectivity index (χ1v) is 3.71. The molecule has 0 aliphatic heterocycles. The molecule has 0 radical (unpaired) electrons. The van der Waals surface area contributed by atoms with E-state index in [0.717, 1.165) is 0 Å². The highest BCUT2D eigenvalue weighted by Gasteiger charge is 2.16. The Morgan fingerprint density at radius 1 is 1.25 bits per heavy atom. The molecule has 0 aromatic heterocycles. The molecule has 0 bridgehead atoms. The molecule has 0 rings (SSSR count). The molecule has 0 unspecified atom stereocenters. The number of carbonyl (C=O) groups is 2. The summed E-state index contributed by atoms with van der Waals surface area (Å²) in [4.78, 5) is 20.3. The summed E-state index contributed by atoms with van der Waals surface area (Å²) in [6.45, 7) is 0. The van der Waals surface area contributed by atoms with Crippen LogP contribution >= 0.6 is 11.6 Å². The molecule has 0 aliphatic carbocycles. The van der Waals surface area contributed by atoms with Crippen molar-refractivity contribution in [3.8, 4) is 0 Å². The maximum Gasteiger partial charge on any atom is 0.305 e. The van der Waals surface area contributed by atoms with Gasteiger partial charge in [-0.15, -0.1) is 0 Å². The lowest BCUT2D eigenvalue weighted by Crippen LogP contribution is -2.20. The maximum atomic E-state index is 10.2. The normalized spacial score (nSPS) is 10.2. The highest BCUT2D eigenvalue weighted by Crippen LogP contribution is 2.04. The second-order valence-corrected chi connectivity index (χ2v) is 2.31. The van der Waals surface area contributed by atoms with Crippen LogP contribution in [0.25, 0.3) is 0 Å². The lowest BCUT2D eigenvalue weighted by Gasteiger charge is -2.10. The smallest absolute Gasteiger partial charge is 0.305 e. The van der Waals surface area contributed by atoms with Gasteiger partial charge in [-0.3, -0.25) is 9.59 Å². The number of hydrogen-bond donors (Lipinski definition) is 2. The molecular formula is C6H9ClO5. The van der Waals surface area contributed by atoms with E-state index in [1.165, 1.54) is 0 Å². The molecule has 70 valence electrons. The highest BCUT2D eigenvalue weighted by atomic mass is 35.5. The van der Waals surface area contributed by atoms with Gasteiger partial charge in [0.05, 0.1) is 18.9 Å². The summed E-state index contributed by atoms with van der Waals surface area (Å²) in [7, 11) is 0. The predicted molar refractivity (Wildman–Crippen MR) is 40.1 cm³/mol. The Morgan fingerprint density at radius 2 is 1.67 bits per heavy atom. The number of alkyl halides is 1. The minimum atomic E-state index is -1.11. The van der Waals surface area contributed by atoms with Crippen molar-refractivity contribution in [1.29, 1.82) is 0 Å². The molecule has 6 heteroatoms. The molecule has 0 amide bonds. The van der Waals surface area contributed by atoms with Crippen LogP contribution in [0, 0.1) is 0 Å². The molecule has 2 N–H and O–H groups in total. The van der Waals surface area contributed by atoms with Gasteiger partial charge < -0.3 is 14.9 Å². The average Bonchev–Trinajstić information content (AvgIpc) is 1.84. The summed E-state index contributed by atoms with van der Waals surface area (Å²) in [6, 6.07) is -0.203. The maximum absolute atomic E-state index is 10.2. The van der Waals surface area contributed by atoms with E-state index in [0.29, 0.717) is 0 Å². The number of carboxylic acids is 2. The Morgan fingerprint density at radius 3 is 1.92 bits per heavy atom. The van der Waals surface area contributed by atoms with Crippen LogP contribution in [0.3, 0.4) is 0 Å². The van der Waals surface area contributed by atoms with Crippen LogP contribution in [0.15, 0.2) is 0 Å². The van der Waals surface area contributed by atoms with E-state index < -0.39 is 18.0 Å². The van der Waals surface area contributed by atoms with Crippen molar-refractivity contribution in [1.82, 2.24) is 0 Å². The number of halogens is 1. The van der Waals surface area contributed by atoms with Crippen molar-refractivity contribution in [2.24, 2.45) is 0 Å². The number of aliphatic carboxylic acids is 2. The predicted octanol–water partition coefficient (Wildman–Crippen LogP) is 0.517. The third-order valence-corrected chi connectivity index (χ3v) is 1.23. The van der Waals surface area contributed by atoms with Crippen LogP contribution in [-0.4, -0.2) is 34.3 Å². The van der Waals surface area contributed by atoms with Gasteiger partial charge in [-0.2, -0.15) is 0 Å². The summed E-state index contributed by atoms with van der Waals surface area (Å²) in [6.07, 6.45) is -1.55. The fraction of sp³-hybridized carbons (Fsp3) is 0.667. The second kappa shape index (κ2) is 5.79. The lowest BCUT2D eigenvalue weighted by molar-refractivity contribution is -0.143. The molecule has 12 heavy (non-hydrogen) atoms. The first-order valence-electron chi connectivity index (χ1n) is 3.17. The minimum Gasteiger partial charge on any atom is -0.481 e. The molecule has 0 saturated heterocycles. The van der Waals surface area contributed by atoms with Crippen molar-refractivity contribution < 1.29 is 24.5 Å². The topological polar surface area (TPSA) is 83.8 Å². The molecule has 0 saturated carbocycles. The average molecular weight is 197 g/mol. The molecule has 0 aliphatic rings. The van der Waals surface area contributed by atoms with Crippen molar-refractivity contribution in [3.63, 3.8) is 0 Å². The summed E-state index contributed by atoms with van der Waals surface area (Å²) >= 11 is 5.16. The zero-order valence-corrected chi connectivity index (χ0v) is 6.95. The number of hydrogen-bond acceptors (Lipinski definition) is 3. The molecule has 0 atom stereocenters. The van der Waals surface area contributed by atoms with E-state index in [9.17, 15) is 9.59 Å². The van der Waals surface area contributed by atoms with Crippen LogP contribution in [0.2, 0.25) is 0 Å². The summed E-state index contributed by atoms with van der Waals surface area (Å²) in [5.41, 5.74) is 0. The zero-order valence-electron chi connectivity index (χ0n) is 6.20. The van der Waals surface area contributed by atoms with Crippen LogP contribution in [0.1, 0.15) is 12.8 Å². The molecule has 0 aromatic carbocycles. The summed E-state index contributed by atoms with van der Waals surface area (Å²) in [5.74, 6) is -2.21. The summed E-state index contributed by atoms with van der Waals surface area (Å²) in [5, 5.41) is 16.6. The Hall–Kier alpha value is -0.810. The standard InChI is InChI=1S/C6H9ClO5/c7-3-12-4(1-5(8)9)2-6(10)11/h4H,1-3H2,(H,8,9)(H,10,11).